The van der Waals surface area contributed by atoms with Crippen molar-refractivity contribution in [3.05, 3.63) is 36.0 Å². The van der Waals surface area contributed by atoms with Crippen molar-refractivity contribution in [2.45, 2.75) is 0 Å². The molecule has 0 saturated heterocycles. The number of urea groups is 1. The van der Waals surface area contributed by atoms with Crippen LogP contribution < -0.4 is 11.2 Å². The van der Waals surface area contributed by atoms with E-state index in [2.05, 4.69) is 15.5 Å². The normalized spacial score (nSPS) is 10.9. The molecule has 0 unspecified atom stereocenters. The summed E-state index contributed by atoms with van der Waals surface area (Å²) in [4.78, 5) is 13.4. The number of hydrogen-bond acceptors (Lipinski definition) is 2. The summed E-state index contributed by atoms with van der Waals surface area (Å²) in [5.74, 6) is 0. The third-order valence-corrected chi connectivity index (χ3v) is 1.97. The van der Waals surface area contributed by atoms with Crippen LogP contribution in [0.25, 0.3) is 10.9 Å². The predicted octanol–water partition coefficient (Wildman–Crippen LogP) is 1.17. The van der Waals surface area contributed by atoms with E-state index in [9.17, 15) is 4.79 Å². The first-order valence-corrected chi connectivity index (χ1v) is 4.41. The van der Waals surface area contributed by atoms with Gasteiger partial charge in [0.1, 0.15) is 0 Å². The average Bonchev–Trinajstić information content (AvgIpc) is 2.64. The molecule has 5 nitrogen and oxygen atoms in total. The maximum absolute atomic E-state index is 10.4. The average molecular weight is 202 g/mol. The largest absolute Gasteiger partial charge is 0.361 e. The number of amides is 2. The smallest absolute Gasteiger partial charge is 0.332 e. The van der Waals surface area contributed by atoms with Crippen LogP contribution in [0.2, 0.25) is 0 Å². The zero-order chi connectivity index (χ0) is 10.7. The fraction of sp³-hybridized carbons (Fsp3) is 0. The molecule has 2 rings (SSSR count). The number of carbonyl (C=O) groups excluding carboxylic acids is 1. The minimum atomic E-state index is -0.672. The molecule has 15 heavy (non-hydrogen) atoms. The molecular weight excluding hydrogens is 192 g/mol. The molecule has 0 radical (unpaired) electrons. The highest BCUT2D eigenvalue weighted by Crippen LogP contribution is 2.12. The number of fused-ring (bicyclic) bond motifs is 1. The number of hydrogen-bond donors (Lipinski definition) is 3. The lowest BCUT2D eigenvalue weighted by molar-refractivity contribution is 0.249. The summed E-state index contributed by atoms with van der Waals surface area (Å²) in [6.07, 6.45) is 3.41. The van der Waals surface area contributed by atoms with Crippen LogP contribution in [0, 0.1) is 0 Å². The first-order valence-electron chi connectivity index (χ1n) is 4.41. The summed E-state index contributed by atoms with van der Waals surface area (Å²) in [6, 6.07) is 7.09. The molecule has 1 aromatic heterocycles. The van der Waals surface area contributed by atoms with Crippen LogP contribution >= 0.6 is 0 Å². The molecule has 0 aliphatic rings. The Hall–Kier alpha value is -2.30. The summed E-state index contributed by atoms with van der Waals surface area (Å²) >= 11 is 0. The number of benzene rings is 1. The van der Waals surface area contributed by atoms with E-state index < -0.39 is 6.03 Å². The Morgan fingerprint density at radius 3 is 3.13 bits per heavy atom. The molecule has 0 atom stereocenters. The van der Waals surface area contributed by atoms with Crippen molar-refractivity contribution >= 4 is 23.1 Å². The van der Waals surface area contributed by atoms with E-state index in [1.54, 1.807) is 0 Å². The van der Waals surface area contributed by atoms with E-state index in [1.807, 2.05) is 30.5 Å². The second-order valence-electron chi connectivity index (χ2n) is 3.06. The Balaban J connectivity index is 2.21. The summed E-state index contributed by atoms with van der Waals surface area (Å²) in [6.45, 7) is 0. The minimum absolute atomic E-state index is 0.672. The molecule has 76 valence electrons. The Morgan fingerprint density at radius 1 is 1.47 bits per heavy atom. The summed E-state index contributed by atoms with van der Waals surface area (Å²) < 4.78 is 0. The van der Waals surface area contributed by atoms with Crippen LogP contribution in [0.15, 0.2) is 35.6 Å². The summed E-state index contributed by atoms with van der Waals surface area (Å²) in [5, 5.41) is 4.77. The van der Waals surface area contributed by atoms with Crippen LogP contribution in [0.1, 0.15) is 5.56 Å². The second kappa shape index (κ2) is 3.83. The van der Waals surface area contributed by atoms with E-state index in [4.69, 9.17) is 5.73 Å². The molecule has 5 heteroatoms. The fourth-order valence-electron chi connectivity index (χ4n) is 1.32. The molecule has 1 heterocycles. The van der Waals surface area contributed by atoms with Crippen LogP contribution in [0.3, 0.4) is 0 Å². The highest BCUT2D eigenvalue weighted by Gasteiger charge is 1.94. The van der Waals surface area contributed by atoms with Gasteiger partial charge in [0.2, 0.25) is 0 Å². The first kappa shape index (κ1) is 9.26. The molecular formula is C10H10N4O. The molecule has 0 fully saturated rings. The van der Waals surface area contributed by atoms with Crippen LogP contribution in [-0.4, -0.2) is 17.2 Å². The first-order chi connectivity index (χ1) is 7.25. The van der Waals surface area contributed by atoms with Crippen LogP contribution in [0.4, 0.5) is 4.79 Å². The lowest BCUT2D eigenvalue weighted by atomic mass is 10.2. The summed E-state index contributed by atoms with van der Waals surface area (Å²) in [5.41, 5.74) is 8.96. The molecule has 2 aromatic rings. The zero-order valence-electron chi connectivity index (χ0n) is 7.90. The number of nitrogens with two attached hydrogens (primary N) is 1. The van der Waals surface area contributed by atoms with E-state index in [0.29, 0.717) is 0 Å². The standard InChI is InChI=1S/C10H10N4O/c11-10(15)14-13-6-7-1-2-9-8(5-7)3-4-12-9/h1-6,12H,(H3,11,14,15). The van der Waals surface area contributed by atoms with Crippen molar-refractivity contribution in [2.24, 2.45) is 10.8 Å². The van der Waals surface area contributed by atoms with E-state index in [0.717, 1.165) is 16.5 Å². The molecule has 4 N–H and O–H groups in total. The van der Waals surface area contributed by atoms with Gasteiger partial charge in [0.15, 0.2) is 0 Å². The van der Waals surface area contributed by atoms with Gasteiger partial charge in [0.25, 0.3) is 0 Å². The number of rotatable bonds is 2. The van der Waals surface area contributed by atoms with Gasteiger partial charge in [-0.1, -0.05) is 6.07 Å². The number of nitrogens with zero attached hydrogens (tertiary/aromatic N) is 1. The van der Waals surface area contributed by atoms with Crippen molar-refractivity contribution < 1.29 is 4.79 Å². The number of nitrogens with one attached hydrogen (secondary N) is 2. The van der Waals surface area contributed by atoms with Gasteiger partial charge in [-0.3, -0.25) is 0 Å². The number of H-pyrrole nitrogens is 1. The molecule has 0 spiro atoms. The van der Waals surface area contributed by atoms with Crippen molar-refractivity contribution in [3.8, 4) is 0 Å². The van der Waals surface area contributed by atoms with Crippen molar-refractivity contribution in [3.63, 3.8) is 0 Å². The third-order valence-electron chi connectivity index (χ3n) is 1.97. The van der Waals surface area contributed by atoms with Gasteiger partial charge in [-0.2, -0.15) is 5.10 Å². The van der Waals surface area contributed by atoms with Gasteiger partial charge in [-0.05, 0) is 29.1 Å². The monoisotopic (exact) mass is 202 g/mol. The molecule has 0 saturated carbocycles. The Morgan fingerprint density at radius 2 is 2.33 bits per heavy atom. The lowest BCUT2D eigenvalue weighted by Gasteiger charge is -1.94. The molecule has 0 bridgehead atoms. The zero-order valence-corrected chi connectivity index (χ0v) is 7.90. The number of aromatic nitrogens is 1. The highest BCUT2D eigenvalue weighted by molar-refractivity contribution is 5.89. The molecule has 2 amide bonds. The molecule has 1 aromatic carbocycles. The Bertz CT molecular complexity index is 515. The fourth-order valence-corrected chi connectivity index (χ4v) is 1.32. The Labute approximate surface area is 86.0 Å². The molecule has 0 aliphatic carbocycles. The van der Waals surface area contributed by atoms with E-state index in [1.165, 1.54) is 6.21 Å². The van der Waals surface area contributed by atoms with E-state index in [-0.39, 0.29) is 0 Å². The van der Waals surface area contributed by atoms with Crippen molar-refractivity contribution in [1.82, 2.24) is 10.4 Å². The maximum atomic E-state index is 10.4. The highest BCUT2D eigenvalue weighted by atomic mass is 16.2. The Kier molecular flexibility index (Phi) is 2.37. The quantitative estimate of drug-likeness (QED) is 0.495. The van der Waals surface area contributed by atoms with Gasteiger partial charge in [0.05, 0.1) is 6.21 Å². The number of primary amides is 1. The number of carbonyl (C=O) groups is 1. The number of aromatic amines is 1. The van der Waals surface area contributed by atoms with Gasteiger partial charge >= 0.3 is 6.03 Å². The number of hydrazone groups is 1. The summed E-state index contributed by atoms with van der Waals surface area (Å²) in [7, 11) is 0. The van der Waals surface area contributed by atoms with Gasteiger partial charge in [-0.25, -0.2) is 10.2 Å². The second-order valence-corrected chi connectivity index (χ2v) is 3.06. The van der Waals surface area contributed by atoms with Crippen molar-refractivity contribution in [1.29, 1.82) is 0 Å². The van der Waals surface area contributed by atoms with Crippen molar-refractivity contribution in [2.75, 3.05) is 0 Å². The SMILES string of the molecule is NC(=O)NN=Cc1ccc2[nH]ccc2c1. The third kappa shape index (κ3) is 2.14. The molecule has 0 aliphatic heterocycles. The maximum Gasteiger partial charge on any atom is 0.332 e. The van der Waals surface area contributed by atoms with Crippen LogP contribution in [-0.2, 0) is 0 Å². The van der Waals surface area contributed by atoms with Gasteiger partial charge < -0.3 is 10.7 Å². The minimum Gasteiger partial charge on any atom is -0.361 e. The predicted molar refractivity (Wildman–Crippen MR) is 58.6 cm³/mol. The topological polar surface area (TPSA) is 83.3 Å². The lowest BCUT2D eigenvalue weighted by Crippen LogP contribution is -2.24. The van der Waals surface area contributed by atoms with Crippen LogP contribution in [0.5, 0.6) is 0 Å². The van der Waals surface area contributed by atoms with E-state index >= 15 is 0 Å². The van der Waals surface area contributed by atoms with Gasteiger partial charge in [-0.15, -0.1) is 0 Å². The van der Waals surface area contributed by atoms with Gasteiger partial charge in [0, 0.05) is 11.7 Å².